The molecule has 0 aromatic heterocycles. The lowest BCUT2D eigenvalue weighted by Crippen LogP contribution is -2.27. The number of methoxy groups -OCH3 is 1. The molecule has 0 aliphatic heterocycles. The summed E-state index contributed by atoms with van der Waals surface area (Å²) in [7, 11) is 1.69. The highest BCUT2D eigenvalue weighted by molar-refractivity contribution is 6.31. The van der Waals surface area contributed by atoms with Crippen LogP contribution in [0.2, 0.25) is 5.02 Å². The molecule has 19 heavy (non-hydrogen) atoms. The number of rotatable bonds is 7. The summed E-state index contributed by atoms with van der Waals surface area (Å²) in [5.41, 5.74) is 1.55. The summed E-state index contributed by atoms with van der Waals surface area (Å²) in [6.45, 7) is 8.44. The Hall–Kier alpha value is -0.640. The third kappa shape index (κ3) is 4.75. The van der Waals surface area contributed by atoms with E-state index in [2.05, 4.69) is 19.2 Å². The molecule has 0 saturated carbocycles. The summed E-state index contributed by atoms with van der Waals surface area (Å²) >= 11 is 6.17. The summed E-state index contributed by atoms with van der Waals surface area (Å²) in [4.78, 5) is 0. The van der Waals surface area contributed by atoms with Gasteiger partial charge in [-0.2, -0.15) is 0 Å². The maximum absolute atomic E-state index is 13.4. The molecule has 1 aromatic carbocycles. The van der Waals surface area contributed by atoms with Crippen molar-refractivity contribution in [3.05, 3.63) is 34.1 Å². The molecule has 0 heterocycles. The highest BCUT2D eigenvalue weighted by Gasteiger charge is 2.23. The SMILES string of the molecule is COCCNCCC(C)(C)c1cc(C)c(F)cc1Cl. The van der Waals surface area contributed by atoms with E-state index in [1.54, 1.807) is 14.0 Å². The monoisotopic (exact) mass is 287 g/mol. The van der Waals surface area contributed by atoms with Crippen LogP contribution in [-0.4, -0.2) is 26.8 Å². The predicted octanol–water partition coefficient (Wildman–Crippen LogP) is 3.69. The van der Waals surface area contributed by atoms with Crippen LogP contribution in [-0.2, 0) is 10.2 Å². The van der Waals surface area contributed by atoms with Crippen molar-refractivity contribution in [1.29, 1.82) is 0 Å². The largest absolute Gasteiger partial charge is 0.383 e. The van der Waals surface area contributed by atoms with Crippen molar-refractivity contribution in [2.24, 2.45) is 0 Å². The standard InChI is InChI=1S/C15H23ClFNO/c1-11-9-12(13(16)10-14(11)17)15(2,3)5-6-18-7-8-19-4/h9-10,18H,5-8H2,1-4H3. The first-order chi connectivity index (χ1) is 8.88. The number of benzene rings is 1. The normalized spacial score (nSPS) is 11.9. The number of aryl methyl sites for hydroxylation is 1. The van der Waals surface area contributed by atoms with Crippen LogP contribution >= 0.6 is 11.6 Å². The molecule has 1 N–H and O–H groups in total. The second-order valence-corrected chi connectivity index (χ2v) is 5.87. The lowest BCUT2D eigenvalue weighted by Gasteiger charge is -2.27. The topological polar surface area (TPSA) is 21.3 Å². The Kier molecular flexibility index (Phi) is 6.24. The first-order valence-corrected chi connectivity index (χ1v) is 6.92. The van der Waals surface area contributed by atoms with E-state index in [1.807, 2.05) is 6.07 Å². The van der Waals surface area contributed by atoms with Gasteiger partial charge in [0.2, 0.25) is 0 Å². The minimum absolute atomic E-state index is 0.0877. The van der Waals surface area contributed by atoms with Gasteiger partial charge < -0.3 is 10.1 Å². The average Bonchev–Trinajstić information content (AvgIpc) is 2.33. The minimum atomic E-state index is -0.247. The molecule has 0 aliphatic rings. The summed E-state index contributed by atoms with van der Waals surface area (Å²) in [5, 5.41) is 3.82. The van der Waals surface area contributed by atoms with E-state index in [-0.39, 0.29) is 11.2 Å². The predicted molar refractivity (Wildman–Crippen MR) is 78.5 cm³/mol. The molecule has 0 amide bonds. The zero-order chi connectivity index (χ0) is 14.5. The first kappa shape index (κ1) is 16.4. The van der Waals surface area contributed by atoms with E-state index in [0.29, 0.717) is 17.2 Å². The van der Waals surface area contributed by atoms with Crippen LogP contribution in [0.25, 0.3) is 0 Å². The number of hydrogen-bond acceptors (Lipinski definition) is 2. The van der Waals surface area contributed by atoms with Gasteiger partial charge in [0.25, 0.3) is 0 Å². The fourth-order valence-corrected chi connectivity index (χ4v) is 2.42. The summed E-state index contributed by atoms with van der Waals surface area (Å²) in [6.07, 6.45) is 0.932. The summed E-state index contributed by atoms with van der Waals surface area (Å²) < 4.78 is 18.4. The maximum atomic E-state index is 13.4. The molecule has 0 radical (unpaired) electrons. The highest BCUT2D eigenvalue weighted by atomic mass is 35.5. The van der Waals surface area contributed by atoms with Crippen molar-refractivity contribution in [3.63, 3.8) is 0 Å². The van der Waals surface area contributed by atoms with E-state index in [9.17, 15) is 4.39 Å². The second-order valence-electron chi connectivity index (χ2n) is 5.46. The summed E-state index contributed by atoms with van der Waals surface area (Å²) in [6, 6.07) is 3.26. The van der Waals surface area contributed by atoms with Gasteiger partial charge in [0.1, 0.15) is 5.82 Å². The second kappa shape index (κ2) is 7.22. The Bertz CT molecular complexity index is 421. The zero-order valence-electron chi connectivity index (χ0n) is 12.1. The molecular formula is C15H23ClFNO. The Morgan fingerprint density at radius 1 is 1.32 bits per heavy atom. The number of ether oxygens (including phenoxy) is 1. The molecule has 0 atom stereocenters. The van der Waals surface area contributed by atoms with Gasteiger partial charge in [0.05, 0.1) is 6.61 Å². The Morgan fingerprint density at radius 3 is 2.63 bits per heavy atom. The zero-order valence-corrected chi connectivity index (χ0v) is 12.9. The van der Waals surface area contributed by atoms with E-state index < -0.39 is 0 Å². The van der Waals surface area contributed by atoms with Crippen LogP contribution in [0.5, 0.6) is 0 Å². The minimum Gasteiger partial charge on any atom is -0.383 e. The fraction of sp³-hybridized carbons (Fsp3) is 0.600. The molecule has 2 nitrogen and oxygen atoms in total. The van der Waals surface area contributed by atoms with E-state index in [1.165, 1.54) is 6.07 Å². The molecule has 4 heteroatoms. The van der Waals surface area contributed by atoms with Gasteiger partial charge in [0.15, 0.2) is 0 Å². The molecule has 108 valence electrons. The van der Waals surface area contributed by atoms with Gasteiger partial charge in [-0.1, -0.05) is 31.5 Å². The molecule has 0 bridgehead atoms. The van der Waals surface area contributed by atoms with Gasteiger partial charge in [-0.25, -0.2) is 4.39 Å². The van der Waals surface area contributed by atoms with E-state index >= 15 is 0 Å². The number of hydrogen-bond donors (Lipinski definition) is 1. The Labute approximate surface area is 120 Å². The van der Waals surface area contributed by atoms with Crippen molar-refractivity contribution >= 4 is 11.6 Å². The third-order valence-electron chi connectivity index (χ3n) is 3.39. The Morgan fingerprint density at radius 2 is 2.00 bits per heavy atom. The van der Waals surface area contributed by atoms with Gasteiger partial charge in [0, 0.05) is 18.7 Å². The van der Waals surface area contributed by atoms with Crippen molar-refractivity contribution in [2.45, 2.75) is 32.6 Å². The molecule has 1 aromatic rings. The van der Waals surface area contributed by atoms with Crippen molar-refractivity contribution < 1.29 is 9.13 Å². The van der Waals surface area contributed by atoms with Gasteiger partial charge >= 0.3 is 0 Å². The smallest absolute Gasteiger partial charge is 0.127 e. The molecule has 0 fully saturated rings. The lowest BCUT2D eigenvalue weighted by molar-refractivity contribution is 0.198. The summed E-state index contributed by atoms with van der Waals surface area (Å²) in [5.74, 6) is -0.247. The molecule has 0 saturated heterocycles. The highest BCUT2D eigenvalue weighted by Crippen LogP contribution is 2.34. The number of halogens is 2. The van der Waals surface area contributed by atoms with Gasteiger partial charge in [-0.3, -0.25) is 0 Å². The van der Waals surface area contributed by atoms with Crippen molar-refractivity contribution in [1.82, 2.24) is 5.32 Å². The Balaban J connectivity index is 2.68. The fourth-order valence-electron chi connectivity index (χ4n) is 2.01. The van der Waals surface area contributed by atoms with Crippen molar-refractivity contribution in [2.75, 3.05) is 26.8 Å². The van der Waals surface area contributed by atoms with Gasteiger partial charge in [-0.15, -0.1) is 0 Å². The van der Waals surface area contributed by atoms with Crippen LogP contribution in [0.4, 0.5) is 4.39 Å². The van der Waals surface area contributed by atoms with Crippen LogP contribution in [0.15, 0.2) is 12.1 Å². The maximum Gasteiger partial charge on any atom is 0.127 e. The molecule has 0 aliphatic carbocycles. The first-order valence-electron chi connectivity index (χ1n) is 6.54. The molecule has 0 spiro atoms. The van der Waals surface area contributed by atoms with Crippen LogP contribution in [0.1, 0.15) is 31.4 Å². The average molecular weight is 288 g/mol. The quantitative estimate of drug-likeness (QED) is 0.772. The molecular weight excluding hydrogens is 265 g/mol. The van der Waals surface area contributed by atoms with Crippen molar-refractivity contribution in [3.8, 4) is 0 Å². The van der Waals surface area contributed by atoms with Crippen LogP contribution < -0.4 is 5.32 Å². The van der Waals surface area contributed by atoms with Crippen LogP contribution in [0, 0.1) is 12.7 Å². The van der Waals surface area contributed by atoms with Gasteiger partial charge in [-0.05, 0) is 42.5 Å². The third-order valence-corrected chi connectivity index (χ3v) is 3.70. The molecule has 1 rings (SSSR count). The van der Waals surface area contributed by atoms with Crippen LogP contribution in [0.3, 0.4) is 0 Å². The number of nitrogens with one attached hydrogen (secondary N) is 1. The van der Waals surface area contributed by atoms with E-state index in [4.69, 9.17) is 16.3 Å². The lowest BCUT2D eigenvalue weighted by atomic mass is 9.81. The van der Waals surface area contributed by atoms with E-state index in [0.717, 1.165) is 25.1 Å². The molecule has 0 unspecified atom stereocenters.